The molecule has 0 spiro atoms. The number of halogens is 6. The average molecular weight is 460 g/mol. The summed E-state index contributed by atoms with van der Waals surface area (Å²) in [4.78, 5) is 11.1. The molecule has 0 aromatic heterocycles. The number of carboxylic acid groups (broad SMARTS) is 1. The highest BCUT2D eigenvalue weighted by atomic mass is 19.4. The fourth-order valence-electron chi connectivity index (χ4n) is 3.86. The molecule has 9 heteroatoms. The zero-order valence-electron chi connectivity index (χ0n) is 17.2. The first-order valence-corrected chi connectivity index (χ1v) is 10.1. The Hall–Kier alpha value is -2.55. The molecule has 0 saturated carbocycles. The number of rotatable bonds is 6. The van der Waals surface area contributed by atoms with Crippen LogP contribution in [0.4, 0.5) is 26.3 Å². The molecule has 0 amide bonds. The first-order valence-electron chi connectivity index (χ1n) is 10.1. The predicted molar refractivity (Wildman–Crippen MR) is 104 cm³/mol. The second-order valence-electron chi connectivity index (χ2n) is 8.08. The largest absolute Gasteiger partial charge is 0.481 e. The van der Waals surface area contributed by atoms with E-state index in [1.54, 1.807) is 19.1 Å². The Morgan fingerprint density at radius 1 is 1.03 bits per heavy atom. The van der Waals surface area contributed by atoms with E-state index < -0.39 is 48.1 Å². The van der Waals surface area contributed by atoms with Crippen LogP contribution in [0, 0.1) is 5.92 Å². The van der Waals surface area contributed by atoms with Crippen molar-refractivity contribution in [1.29, 1.82) is 0 Å². The van der Waals surface area contributed by atoms with Crippen molar-refractivity contribution in [2.45, 2.75) is 57.7 Å². The molecular formula is C23H22F6O3. The van der Waals surface area contributed by atoms with E-state index in [-0.39, 0.29) is 11.6 Å². The monoisotopic (exact) mass is 460 g/mol. The van der Waals surface area contributed by atoms with Crippen LogP contribution in [0.1, 0.15) is 59.3 Å². The number of ether oxygens (including phenoxy) is 1. The van der Waals surface area contributed by atoms with Gasteiger partial charge in [0.15, 0.2) is 0 Å². The number of alkyl halides is 6. The third kappa shape index (κ3) is 5.82. The van der Waals surface area contributed by atoms with Gasteiger partial charge in [-0.15, -0.1) is 0 Å². The molecule has 3 rings (SSSR count). The molecule has 1 N–H and O–H groups in total. The van der Waals surface area contributed by atoms with E-state index in [1.807, 2.05) is 6.07 Å². The average Bonchev–Trinajstić information content (AvgIpc) is 2.70. The van der Waals surface area contributed by atoms with Gasteiger partial charge in [-0.3, -0.25) is 4.79 Å². The lowest BCUT2D eigenvalue weighted by Crippen LogP contribution is -2.16. The highest BCUT2D eigenvalue weighted by Crippen LogP contribution is 2.38. The summed E-state index contributed by atoms with van der Waals surface area (Å²) in [6.45, 7) is 1.22. The fourth-order valence-corrected chi connectivity index (χ4v) is 3.86. The summed E-state index contributed by atoms with van der Waals surface area (Å²) in [7, 11) is 0. The van der Waals surface area contributed by atoms with Crippen molar-refractivity contribution in [2.75, 3.05) is 0 Å². The van der Waals surface area contributed by atoms with Crippen molar-refractivity contribution < 1.29 is 41.0 Å². The number of carbonyl (C=O) groups is 1. The maximum Gasteiger partial charge on any atom is 0.416 e. The highest BCUT2D eigenvalue weighted by Gasteiger charge is 2.37. The minimum Gasteiger partial charge on any atom is -0.481 e. The Balaban J connectivity index is 1.79. The van der Waals surface area contributed by atoms with E-state index in [0.29, 0.717) is 25.0 Å². The maximum absolute atomic E-state index is 13.1. The van der Waals surface area contributed by atoms with Gasteiger partial charge in [0.1, 0.15) is 0 Å². The number of hydrogen-bond acceptors (Lipinski definition) is 2. The van der Waals surface area contributed by atoms with E-state index >= 15 is 0 Å². The van der Waals surface area contributed by atoms with Gasteiger partial charge in [-0.2, -0.15) is 26.3 Å². The summed E-state index contributed by atoms with van der Waals surface area (Å²) in [6.07, 6.45) is -7.85. The van der Waals surface area contributed by atoms with Crippen molar-refractivity contribution in [3.8, 4) is 0 Å². The van der Waals surface area contributed by atoms with Crippen LogP contribution in [-0.4, -0.2) is 11.1 Å². The van der Waals surface area contributed by atoms with Crippen LogP contribution in [0.3, 0.4) is 0 Å². The maximum atomic E-state index is 13.1. The molecule has 2 unspecified atom stereocenters. The van der Waals surface area contributed by atoms with Crippen molar-refractivity contribution >= 4 is 5.97 Å². The van der Waals surface area contributed by atoms with Gasteiger partial charge in [-0.25, -0.2) is 0 Å². The van der Waals surface area contributed by atoms with E-state index in [0.717, 1.165) is 29.5 Å². The fraction of sp³-hybridized carbons (Fsp3) is 0.435. The van der Waals surface area contributed by atoms with Gasteiger partial charge in [-0.1, -0.05) is 25.1 Å². The lowest BCUT2D eigenvalue weighted by molar-refractivity contribution is -0.143. The normalized spacial score (nSPS) is 17.7. The number of aliphatic carboxylic acids is 1. The minimum atomic E-state index is -4.91. The number of aryl methyl sites for hydroxylation is 1. The van der Waals surface area contributed by atoms with Crippen LogP contribution in [0.15, 0.2) is 36.4 Å². The lowest BCUT2D eigenvalue weighted by Gasteiger charge is -2.27. The first kappa shape index (κ1) is 24.1. The van der Waals surface area contributed by atoms with Crippen molar-refractivity contribution in [3.05, 3.63) is 69.8 Å². The number of benzene rings is 2. The molecule has 2 atom stereocenters. The molecule has 174 valence electrons. The summed E-state index contributed by atoms with van der Waals surface area (Å²) in [6, 6.07) is 6.93. The summed E-state index contributed by atoms with van der Waals surface area (Å²) in [5.41, 5.74) is -0.306. The second kappa shape index (κ2) is 9.13. The van der Waals surface area contributed by atoms with Gasteiger partial charge >= 0.3 is 18.3 Å². The summed E-state index contributed by atoms with van der Waals surface area (Å²) < 4.78 is 84.1. The van der Waals surface area contributed by atoms with E-state index in [9.17, 15) is 31.1 Å². The molecule has 1 aliphatic carbocycles. The van der Waals surface area contributed by atoms with Crippen LogP contribution in [-0.2, 0) is 41.3 Å². The van der Waals surface area contributed by atoms with Crippen LogP contribution in [0.25, 0.3) is 0 Å². The highest BCUT2D eigenvalue weighted by molar-refractivity contribution is 5.69. The molecule has 2 aromatic rings. The molecule has 32 heavy (non-hydrogen) atoms. The molecule has 0 saturated heterocycles. The van der Waals surface area contributed by atoms with Crippen molar-refractivity contribution in [3.63, 3.8) is 0 Å². The van der Waals surface area contributed by atoms with Crippen LogP contribution in [0.2, 0.25) is 0 Å². The Bertz CT molecular complexity index is 948. The molecule has 0 bridgehead atoms. The molecule has 0 heterocycles. The van der Waals surface area contributed by atoms with Gasteiger partial charge < -0.3 is 9.84 Å². The summed E-state index contributed by atoms with van der Waals surface area (Å²) in [5, 5.41) is 9.08. The Morgan fingerprint density at radius 3 is 2.22 bits per heavy atom. The van der Waals surface area contributed by atoms with Gasteiger partial charge in [0.25, 0.3) is 0 Å². The second-order valence-corrected chi connectivity index (χ2v) is 8.08. The van der Waals surface area contributed by atoms with Gasteiger partial charge in [-0.05, 0) is 66.1 Å². The van der Waals surface area contributed by atoms with E-state index in [1.165, 1.54) is 0 Å². The smallest absolute Gasteiger partial charge is 0.416 e. The lowest BCUT2D eigenvalue weighted by atomic mass is 9.87. The molecule has 0 aliphatic heterocycles. The van der Waals surface area contributed by atoms with Gasteiger partial charge in [0.2, 0.25) is 0 Å². The number of fused-ring (bicyclic) bond motifs is 1. The first-order chi connectivity index (χ1) is 14.8. The molecular weight excluding hydrogens is 438 g/mol. The molecule has 3 nitrogen and oxygen atoms in total. The van der Waals surface area contributed by atoms with E-state index in [2.05, 4.69) is 0 Å². The number of carboxylic acids is 1. The summed E-state index contributed by atoms with van der Waals surface area (Å²) in [5.74, 6) is -1.45. The molecule has 0 radical (unpaired) electrons. The van der Waals surface area contributed by atoms with E-state index in [4.69, 9.17) is 9.84 Å². The molecule has 2 aromatic carbocycles. The number of hydrogen-bond donors (Lipinski definition) is 1. The van der Waals surface area contributed by atoms with Crippen LogP contribution in [0.5, 0.6) is 0 Å². The van der Waals surface area contributed by atoms with Gasteiger partial charge in [0.05, 0.1) is 29.8 Å². The molecule has 1 aliphatic rings. The van der Waals surface area contributed by atoms with Crippen LogP contribution < -0.4 is 0 Å². The van der Waals surface area contributed by atoms with Crippen molar-refractivity contribution in [2.24, 2.45) is 5.92 Å². The predicted octanol–water partition coefficient (Wildman–Crippen LogP) is 6.58. The Labute approximate surface area is 181 Å². The Kier molecular flexibility index (Phi) is 6.88. The molecule has 0 fully saturated rings. The van der Waals surface area contributed by atoms with Gasteiger partial charge in [0, 0.05) is 0 Å². The Morgan fingerprint density at radius 2 is 1.66 bits per heavy atom. The standard InChI is InChI=1S/C23H22F6O3/c1-13(21(30)31)7-14-5-6-19-16(8-14)3-2-4-20(19)32-12-15-9-17(22(24,25)26)11-18(10-15)23(27,28)29/h5-6,8-11,13,20H,2-4,7,12H2,1H3,(H,30,31). The third-order valence-electron chi connectivity index (χ3n) is 5.53. The van der Waals surface area contributed by atoms with Crippen LogP contribution >= 0.6 is 0 Å². The quantitative estimate of drug-likeness (QED) is 0.496. The third-order valence-corrected chi connectivity index (χ3v) is 5.53. The zero-order valence-corrected chi connectivity index (χ0v) is 17.2. The zero-order chi connectivity index (χ0) is 23.7. The SMILES string of the molecule is CC(Cc1ccc2c(c1)CCCC2OCc1cc(C(F)(F)F)cc(C(F)(F)F)c1)C(=O)O. The summed E-state index contributed by atoms with van der Waals surface area (Å²) >= 11 is 0. The topological polar surface area (TPSA) is 46.5 Å². The minimum absolute atomic E-state index is 0.0963. The van der Waals surface area contributed by atoms with Crippen molar-refractivity contribution in [1.82, 2.24) is 0 Å².